The maximum atomic E-state index is 12.3. The predicted octanol–water partition coefficient (Wildman–Crippen LogP) is 3.23. The Bertz CT molecular complexity index is 665. The molecule has 0 spiro atoms. The van der Waals surface area contributed by atoms with Gasteiger partial charge in [0.1, 0.15) is 6.61 Å². The van der Waals surface area contributed by atoms with Crippen molar-refractivity contribution in [3.05, 3.63) is 27.8 Å². The van der Waals surface area contributed by atoms with Crippen LogP contribution in [0, 0.1) is 15.5 Å². The first-order valence-electron chi connectivity index (χ1n) is 8.41. The van der Waals surface area contributed by atoms with E-state index >= 15 is 0 Å². The zero-order valence-electron chi connectivity index (χ0n) is 15.5. The van der Waals surface area contributed by atoms with E-state index in [1.807, 2.05) is 0 Å². The quantitative estimate of drug-likeness (QED) is 0.416. The van der Waals surface area contributed by atoms with E-state index in [0.717, 1.165) is 6.07 Å². The summed E-state index contributed by atoms with van der Waals surface area (Å²) in [5.41, 5.74) is -1.08. The van der Waals surface area contributed by atoms with Crippen LogP contribution in [0.25, 0.3) is 0 Å². The molecule has 0 saturated heterocycles. The molecule has 0 heterocycles. The number of nitro benzene ring substituents is 1. The van der Waals surface area contributed by atoms with E-state index in [0.29, 0.717) is 12.8 Å². The average Bonchev–Trinajstić information content (AvgIpc) is 2.63. The summed E-state index contributed by atoms with van der Waals surface area (Å²) in [4.78, 5) is 22.2. The minimum absolute atomic E-state index is 0.0107. The van der Waals surface area contributed by atoms with E-state index in [9.17, 15) is 28.8 Å². The lowest BCUT2D eigenvalue weighted by Crippen LogP contribution is -2.40. The number of nitrogens with zero attached hydrogens (tertiary/aromatic N) is 1. The Hall–Kier alpha value is -2.49. The predicted molar refractivity (Wildman–Crippen MR) is 93.5 cm³/mol. The molecule has 0 atom stereocenters. The van der Waals surface area contributed by atoms with E-state index < -0.39 is 29.3 Å². The van der Waals surface area contributed by atoms with Gasteiger partial charge < -0.3 is 19.9 Å². The van der Waals surface area contributed by atoms with Crippen LogP contribution in [0.5, 0.6) is 11.5 Å². The second kappa shape index (κ2) is 10.0. The van der Waals surface area contributed by atoms with Crippen molar-refractivity contribution >= 4 is 11.7 Å². The topological polar surface area (TPSA) is 111 Å². The molecule has 0 aliphatic heterocycles. The summed E-state index contributed by atoms with van der Waals surface area (Å²) in [6, 6.07) is 2.36. The molecular formula is C17H24F2N2O6. The second-order valence-electron chi connectivity index (χ2n) is 5.99. The van der Waals surface area contributed by atoms with Gasteiger partial charge in [0.05, 0.1) is 23.5 Å². The van der Waals surface area contributed by atoms with Gasteiger partial charge in [0, 0.05) is 18.7 Å². The van der Waals surface area contributed by atoms with Crippen LogP contribution in [-0.4, -0.2) is 42.7 Å². The number of carbonyl (C=O) groups is 1. The molecule has 0 radical (unpaired) electrons. The van der Waals surface area contributed by atoms with E-state index in [2.05, 4.69) is 5.32 Å². The summed E-state index contributed by atoms with van der Waals surface area (Å²) in [7, 11) is 1.29. The molecule has 27 heavy (non-hydrogen) atoms. The number of benzene rings is 1. The smallest absolute Gasteiger partial charge is 0.310 e. The molecular weight excluding hydrogens is 366 g/mol. The Kier molecular flexibility index (Phi) is 8.35. The number of halogens is 2. The fourth-order valence-electron chi connectivity index (χ4n) is 2.64. The van der Waals surface area contributed by atoms with Crippen LogP contribution in [0.3, 0.4) is 0 Å². The highest BCUT2D eigenvalue weighted by Crippen LogP contribution is 2.35. The number of carboxylic acid groups (broad SMARTS) is 1. The monoisotopic (exact) mass is 390 g/mol. The summed E-state index contributed by atoms with van der Waals surface area (Å²) < 4.78 is 34.6. The number of methoxy groups -OCH3 is 1. The lowest BCUT2D eigenvalue weighted by atomic mass is 9.82. The molecule has 0 amide bonds. The molecule has 152 valence electrons. The Morgan fingerprint density at radius 2 is 1.96 bits per heavy atom. The van der Waals surface area contributed by atoms with Crippen LogP contribution >= 0.6 is 0 Å². The largest absolute Gasteiger partial charge is 0.493 e. The van der Waals surface area contributed by atoms with Crippen molar-refractivity contribution in [2.45, 2.75) is 39.7 Å². The van der Waals surface area contributed by atoms with Crippen molar-refractivity contribution < 1.29 is 33.1 Å². The maximum Gasteiger partial charge on any atom is 0.310 e. The highest BCUT2D eigenvalue weighted by atomic mass is 19.3. The summed E-state index contributed by atoms with van der Waals surface area (Å²) in [6.45, 7) is 2.74. The lowest BCUT2D eigenvalue weighted by Gasteiger charge is -2.27. The third kappa shape index (κ3) is 5.75. The second-order valence-corrected chi connectivity index (χ2v) is 5.99. The van der Waals surface area contributed by atoms with E-state index in [-0.39, 0.29) is 35.8 Å². The number of carboxylic acids is 1. The van der Waals surface area contributed by atoms with Crippen LogP contribution in [0.15, 0.2) is 12.1 Å². The first-order chi connectivity index (χ1) is 12.7. The van der Waals surface area contributed by atoms with Gasteiger partial charge in [-0.1, -0.05) is 13.8 Å². The fraction of sp³-hybridized carbons (Fsp3) is 0.588. The van der Waals surface area contributed by atoms with Crippen molar-refractivity contribution in [3.63, 3.8) is 0 Å². The van der Waals surface area contributed by atoms with Gasteiger partial charge >= 0.3 is 5.97 Å². The van der Waals surface area contributed by atoms with Crippen LogP contribution in [0.4, 0.5) is 14.5 Å². The first kappa shape index (κ1) is 22.6. The highest BCUT2D eigenvalue weighted by Gasteiger charge is 2.34. The van der Waals surface area contributed by atoms with Crippen molar-refractivity contribution in [2.24, 2.45) is 5.41 Å². The average molecular weight is 390 g/mol. The molecule has 0 aliphatic rings. The molecule has 8 nitrogen and oxygen atoms in total. The van der Waals surface area contributed by atoms with Gasteiger partial charge in [-0.15, -0.1) is 0 Å². The number of hydrogen-bond donors (Lipinski definition) is 2. The molecule has 10 heteroatoms. The highest BCUT2D eigenvalue weighted by molar-refractivity contribution is 5.74. The number of rotatable bonds is 12. The van der Waals surface area contributed by atoms with Crippen LogP contribution < -0.4 is 14.8 Å². The number of nitro groups is 1. The Morgan fingerprint density at radius 1 is 1.33 bits per heavy atom. The summed E-state index contributed by atoms with van der Waals surface area (Å²) >= 11 is 0. The molecule has 0 saturated carbocycles. The molecule has 0 bridgehead atoms. The third-order valence-corrected chi connectivity index (χ3v) is 4.51. The standard InChI is InChI=1S/C17H24F2N2O6/c1-4-17(5-2,16(22)23)10-20-8-11-6-13(26-3)14(27-9-15(18)19)7-12(11)21(24)25/h6-7,15,20H,4-5,8-10H2,1-3H3,(H,22,23). The minimum Gasteiger partial charge on any atom is -0.493 e. The lowest BCUT2D eigenvalue weighted by molar-refractivity contribution is -0.385. The van der Waals surface area contributed by atoms with Crippen molar-refractivity contribution in [2.75, 3.05) is 20.3 Å². The molecule has 0 fully saturated rings. The minimum atomic E-state index is -2.73. The molecule has 2 N–H and O–H groups in total. The Morgan fingerprint density at radius 3 is 2.41 bits per heavy atom. The van der Waals surface area contributed by atoms with Gasteiger partial charge in [0.25, 0.3) is 12.1 Å². The van der Waals surface area contributed by atoms with Gasteiger partial charge in [-0.05, 0) is 18.9 Å². The first-order valence-corrected chi connectivity index (χ1v) is 8.41. The van der Waals surface area contributed by atoms with Crippen LogP contribution in [0.1, 0.15) is 32.3 Å². The number of ether oxygens (including phenoxy) is 2. The molecule has 0 aliphatic carbocycles. The Balaban J connectivity index is 3.05. The van der Waals surface area contributed by atoms with Crippen LogP contribution in [0.2, 0.25) is 0 Å². The van der Waals surface area contributed by atoms with Gasteiger partial charge in [0.15, 0.2) is 11.5 Å². The Labute approximate surface area is 155 Å². The van der Waals surface area contributed by atoms with Crippen molar-refractivity contribution in [1.82, 2.24) is 5.32 Å². The molecule has 0 aromatic heterocycles. The van der Waals surface area contributed by atoms with E-state index in [4.69, 9.17) is 9.47 Å². The molecule has 1 aromatic rings. The zero-order valence-corrected chi connectivity index (χ0v) is 15.5. The molecule has 1 aromatic carbocycles. The normalized spacial score (nSPS) is 11.5. The van der Waals surface area contributed by atoms with Crippen molar-refractivity contribution in [1.29, 1.82) is 0 Å². The van der Waals surface area contributed by atoms with E-state index in [1.54, 1.807) is 13.8 Å². The van der Waals surface area contributed by atoms with Gasteiger partial charge in [-0.25, -0.2) is 8.78 Å². The van der Waals surface area contributed by atoms with Crippen molar-refractivity contribution in [3.8, 4) is 11.5 Å². The van der Waals surface area contributed by atoms with Crippen LogP contribution in [-0.2, 0) is 11.3 Å². The van der Waals surface area contributed by atoms with E-state index in [1.165, 1.54) is 13.2 Å². The number of alkyl halides is 2. The fourth-order valence-corrected chi connectivity index (χ4v) is 2.64. The molecule has 0 unspecified atom stereocenters. The maximum absolute atomic E-state index is 12.3. The van der Waals surface area contributed by atoms with Gasteiger partial charge in [-0.3, -0.25) is 14.9 Å². The number of aliphatic carboxylic acids is 1. The zero-order chi connectivity index (χ0) is 20.6. The third-order valence-electron chi connectivity index (χ3n) is 4.51. The molecule has 1 rings (SSSR count). The van der Waals surface area contributed by atoms with Gasteiger partial charge in [-0.2, -0.15) is 0 Å². The summed E-state index contributed by atoms with van der Waals surface area (Å²) in [6.07, 6.45) is -1.93. The number of nitrogens with one attached hydrogen (secondary N) is 1. The SMILES string of the molecule is CCC(CC)(CNCc1cc(OC)c(OCC(F)F)cc1[N+](=O)[O-])C(=O)O. The van der Waals surface area contributed by atoms with Gasteiger partial charge in [0.2, 0.25) is 0 Å². The number of hydrogen-bond acceptors (Lipinski definition) is 6. The summed E-state index contributed by atoms with van der Waals surface area (Å²) in [5.74, 6) is -1.02. The summed E-state index contributed by atoms with van der Waals surface area (Å²) in [5, 5.41) is 23.7.